The zero-order valence-electron chi connectivity index (χ0n) is 12.8. The molecule has 1 fully saturated rings. The number of hydrogen-bond acceptors (Lipinski definition) is 5. The Kier molecular flexibility index (Phi) is 5.28. The van der Waals surface area contributed by atoms with Crippen molar-refractivity contribution in [2.24, 2.45) is 0 Å². The van der Waals surface area contributed by atoms with E-state index in [1.807, 2.05) is 0 Å². The lowest BCUT2D eigenvalue weighted by atomic mass is 10.1. The second-order valence-corrected chi connectivity index (χ2v) is 7.24. The van der Waals surface area contributed by atoms with Crippen LogP contribution in [-0.4, -0.2) is 34.6 Å². The van der Waals surface area contributed by atoms with Gasteiger partial charge in [-0.25, -0.2) is 0 Å². The second-order valence-electron chi connectivity index (χ2n) is 5.88. The molecule has 0 unspecified atom stereocenters. The van der Waals surface area contributed by atoms with Crippen LogP contribution in [0.15, 0.2) is 24.3 Å². The lowest BCUT2D eigenvalue weighted by molar-refractivity contribution is 0.315. The summed E-state index contributed by atoms with van der Waals surface area (Å²) in [5.41, 5.74) is 3.51. The topological polar surface area (TPSA) is 32.3 Å². The maximum atomic E-state index is 6.05. The summed E-state index contributed by atoms with van der Waals surface area (Å²) in [6.07, 6.45) is 3.99. The van der Waals surface area contributed by atoms with E-state index >= 15 is 0 Å². The molecular weight excluding hydrogens is 316 g/mol. The van der Waals surface area contributed by atoms with Crippen LogP contribution in [0.3, 0.4) is 0 Å². The minimum atomic E-state index is 0.687. The molecule has 0 radical (unpaired) electrons. The first kappa shape index (κ1) is 15.7. The van der Waals surface area contributed by atoms with Gasteiger partial charge in [0, 0.05) is 43.4 Å². The molecule has 6 heteroatoms. The summed E-state index contributed by atoms with van der Waals surface area (Å²) >= 11 is 7.30. The Morgan fingerprint density at radius 2 is 1.86 bits per heavy atom. The third-order valence-electron chi connectivity index (χ3n) is 4.04. The largest absolute Gasteiger partial charge is 0.372 e. The number of halogens is 1. The average molecular weight is 337 g/mol. The van der Waals surface area contributed by atoms with Crippen LogP contribution in [0.2, 0.25) is 4.34 Å². The highest BCUT2D eigenvalue weighted by molar-refractivity contribution is 7.10. The molecule has 0 saturated carbocycles. The zero-order valence-corrected chi connectivity index (χ0v) is 14.4. The van der Waals surface area contributed by atoms with Gasteiger partial charge in [-0.2, -0.15) is 0 Å². The molecular formula is C16H21ClN4S. The van der Waals surface area contributed by atoms with Gasteiger partial charge in [-0.3, -0.25) is 4.90 Å². The molecule has 0 spiro atoms. The van der Waals surface area contributed by atoms with Crippen LogP contribution in [-0.2, 0) is 13.1 Å². The van der Waals surface area contributed by atoms with Crippen LogP contribution in [0, 0.1) is 0 Å². The maximum Gasteiger partial charge on any atom is 0.138 e. The normalized spacial score (nSPS) is 15.5. The average Bonchev–Trinajstić information content (AvgIpc) is 2.94. The number of anilines is 1. The molecule has 0 aliphatic carbocycles. The smallest absolute Gasteiger partial charge is 0.138 e. The molecule has 1 aromatic heterocycles. The minimum Gasteiger partial charge on any atom is -0.372 e. The molecule has 1 aliphatic heterocycles. The van der Waals surface area contributed by atoms with Gasteiger partial charge in [0.2, 0.25) is 0 Å². The molecule has 2 heterocycles. The number of nitrogens with zero attached hydrogens (tertiary/aromatic N) is 4. The predicted molar refractivity (Wildman–Crippen MR) is 92.6 cm³/mol. The molecule has 3 rings (SSSR count). The minimum absolute atomic E-state index is 0.687. The second kappa shape index (κ2) is 7.40. The quantitative estimate of drug-likeness (QED) is 0.831. The molecule has 1 aromatic carbocycles. The van der Waals surface area contributed by atoms with Crippen LogP contribution in [0.4, 0.5) is 5.69 Å². The summed E-state index contributed by atoms with van der Waals surface area (Å²) in [5.74, 6) is 0. The van der Waals surface area contributed by atoms with Crippen LogP contribution in [0.1, 0.15) is 30.5 Å². The fourth-order valence-electron chi connectivity index (χ4n) is 2.88. The molecule has 0 atom stereocenters. The summed E-state index contributed by atoms with van der Waals surface area (Å²) in [4.78, 5) is 4.69. The first-order chi connectivity index (χ1) is 10.7. The zero-order chi connectivity index (χ0) is 15.4. The van der Waals surface area contributed by atoms with E-state index in [0.29, 0.717) is 4.34 Å². The van der Waals surface area contributed by atoms with Gasteiger partial charge in [0.05, 0.1) is 0 Å². The van der Waals surface area contributed by atoms with Gasteiger partial charge < -0.3 is 4.90 Å². The lowest BCUT2D eigenvalue weighted by Crippen LogP contribution is -2.29. The number of rotatable bonds is 5. The van der Waals surface area contributed by atoms with Crippen molar-refractivity contribution in [1.82, 2.24) is 14.5 Å². The molecule has 1 aliphatic rings. The number of hydrogen-bond donors (Lipinski definition) is 0. The van der Waals surface area contributed by atoms with Crippen molar-refractivity contribution in [3.8, 4) is 0 Å². The Bertz CT molecular complexity index is 592. The van der Waals surface area contributed by atoms with E-state index in [4.69, 9.17) is 11.6 Å². The highest BCUT2D eigenvalue weighted by Gasteiger charge is 2.12. The Labute approximate surface area is 140 Å². The highest BCUT2D eigenvalue weighted by atomic mass is 35.5. The third kappa shape index (κ3) is 3.97. The van der Waals surface area contributed by atoms with E-state index in [9.17, 15) is 0 Å². The molecule has 4 nitrogen and oxygen atoms in total. The predicted octanol–water partition coefficient (Wildman–Crippen LogP) is 3.81. The fourth-order valence-corrected chi connectivity index (χ4v) is 3.49. The summed E-state index contributed by atoms with van der Waals surface area (Å²) in [7, 11) is 2.08. The Hall–Kier alpha value is -1.17. The third-order valence-corrected chi connectivity index (χ3v) is 5.02. The molecule has 118 valence electrons. The van der Waals surface area contributed by atoms with Gasteiger partial charge in [-0.05, 0) is 44.0 Å². The maximum absolute atomic E-state index is 6.05. The Balaban J connectivity index is 1.57. The Morgan fingerprint density at radius 3 is 2.50 bits per heavy atom. The summed E-state index contributed by atoms with van der Waals surface area (Å²) in [6.45, 7) is 3.99. The van der Waals surface area contributed by atoms with Gasteiger partial charge in [-0.15, -0.1) is 5.10 Å². The molecule has 1 saturated heterocycles. The summed E-state index contributed by atoms with van der Waals surface area (Å²) < 4.78 is 4.56. The SMILES string of the molecule is CN(Cc1ccc(N2CCCCC2)cc1)Cc1nnsc1Cl. The van der Waals surface area contributed by atoms with Crippen LogP contribution < -0.4 is 4.90 Å². The van der Waals surface area contributed by atoms with Gasteiger partial charge in [0.1, 0.15) is 10.0 Å². The van der Waals surface area contributed by atoms with Crippen molar-refractivity contribution >= 4 is 28.8 Å². The number of aromatic nitrogens is 2. The Morgan fingerprint density at radius 1 is 1.14 bits per heavy atom. The van der Waals surface area contributed by atoms with Gasteiger partial charge >= 0.3 is 0 Å². The van der Waals surface area contributed by atoms with Gasteiger partial charge in [0.15, 0.2) is 0 Å². The van der Waals surface area contributed by atoms with E-state index < -0.39 is 0 Å². The molecule has 0 N–H and O–H groups in total. The molecule has 0 amide bonds. The summed E-state index contributed by atoms with van der Waals surface area (Å²) in [6, 6.07) is 8.93. The van der Waals surface area contributed by atoms with E-state index in [2.05, 4.69) is 50.7 Å². The highest BCUT2D eigenvalue weighted by Crippen LogP contribution is 2.22. The first-order valence-electron chi connectivity index (χ1n) is 7.71. The number of benzene rings is 1. The van der Waals surface area contributed by atoms with Crippen molar-refractivity contribution in [3.05, 3.63) is 39.9 Å². The standard InChI is InChI=1S/C16H21ClN4S/c1-20(12-15-16(17)22-19-18-15)11-13-5-7-14(8-6-13)21-9-3-2-4-10-21/h5-8H,2-4,9-12H2,1H3. The fraction of sp³-hybridized carbons (Fsp3) is 0.500. The van der Waals surface area contributed by atoms with Crippen LogP contribution in [0.25, 0.3) is 0 Å². The van der Waals surface area contributed by atoms with Gasteiger partial charge in [-0.1, -0.05) is 28.2 Å². The van der Waals surface area contributed by atoms with E-state index in [1.165, 1.54) is 55.1 Å². The monoisotopic (exact) mass is 336 g/mol. The number of piperidine rings is 1. The van der Waals surface area contributed by atoms with Crippen LogP contribution in [0.5, 0.6) is 0 Å². The van der Waals surface area contributed by atoms with E-state index in [1.54, 1.807) is 0 Å². The van der Waals surface area contributed by atoms with Crippen molar-refractivity contribution in [2.45, 2.75) is 32.4 Å². The molecule has 22 heavy (non-hydrogen) atoms. The van der Waals surface area contributed by atoms with Crippen molar-refractivity contribution < 1.29 is 0 Å². The lowest BCUT2D eigenvalue weighted by Gasteiger charge is -2.29. The van der Waals surface area contributed by atoms with E-state index in [0.717, 1.165) is 18.8 Å². The van der Waals surface area contributed by atoms with Crippen molar-refractivity contribution in [2.75, 3.05) is 25.0 Å². The van der Waals surface area contributed by atoms with Crippen molar-refractivity contribution in [1.29, 1.82) is 0 Å². The van der Waals surface area contributed by atoms with E-state index in [-0.39, 0.29) is 0 Å². The van der Waals surface area contributed by atoms with Gasteiger partial charge in [0.25, 0.3) is 0 Å². The molecule has 2 aromatic rings. The van der Waals surface area contributed by atoms with Crippen LogP contribution >= 0.6 is 23.1 Å². The first-order valence-corrected chi connectivity index (χ1v) is 8.86. The van der Waals surface area contributed by atoms with Crippen molar-refractivity contribution in [3.63, 3.8) is 0 Å². The molecule has 0 bridgehead atoms. The summed E-state index contributed by atoms with van der Waals surface area (Å²) in [5, 5.41) is 4.06.